The Bertz CT molecular complexity index is 691. The minimum absolute atomic E-state index is 0.0416. The van der Waals surface area contributed by atoms with Crippen molar-refractivity contribution < 1.29 is 9.84 Å². The highest BCUT2D eigenvalue weighted by Gasteiger charge is 2.11. The van der Waals surface area contributed by atoms with E-state index in [-0.39, 0.29) is 6.61 Å². The Balaban J connectivity index is 2.04. The second kappa shape index (κ2) is 5.76. The molecule has 106 valence electrons. The zero-order valence-corrected chi connectivity index (χ0v) is 11.6. The van der Waals surface area contributed by atoms with Gasteiger partial charge in [0.25, 0.3) is 0 Å². The number of para-hydroxylation sites is 2. The summed E-state index contributed by atoms with van der Waals surface area (Å²) in [6.45, 7) is -0.0416. The van der Waals surface area contributed by atoms with Gasteiger partial charge in [0.05, 0.1) is 25.6 Å². The van der Waals surface area contributed by atoms with Crippen LogP contribution in [0.15, 0.2) is 54.7 Å². The van der Waals surface area contributed by atoms with E-state index in [1.165, 1.54) is 0 Å². The standard InChI is InChI=1S/C16H15N3O2/c1-21-16-9-5-3-7-13(16)14-10-19(18-17-14)15-8-4-2-6-12(15)11-20/h2-10,20H,11H2,1H3. The van der Waals surface area contributed by atoms with Gasteiger partial charge in [0, 0.05) is 11.1 Å². The van der Waals surface area contributed by atoms with E-state index in [2.05, 4.69) is 10.3 Å². The van der Waals surface area contributed by atoms with Gasteiger partial charge in [-0.3, -0.25) is 0 Å². The van der Waals surface area contributed by atoms with Gasteiger partial charge in [-0.1, -0.05) is 35.5 Å². The number of aliphatic hydroxyl groups is 1. The van der Waals surface area contributed by atoms with Gasteiger partial charge in [-0.15, -0.1) is 5.10 Å². The number of hydrogen-bond donors (Lipinski definition) is 1. The third-order valence-electron chi connectivity index (χ3n) is 3.29. The van der Waals surface area contributed by atoms with Crippen LogP contribution in [0.4, 0.5) is 0 Å². The normalized spacial score (nSPS) is 10.6. The summed E-state index contributed by atoms with van der Waals surface area (Å²) in [6, 6.07) is 15.2. The van der Waals surface area contributed by atoms with Crippen LogP contribution >= 0.6 is 0 Å². The number of hydrogen-bond acceptors (Lipinski definition) is 4. The van der Waals surface area contributed by atoms with E-state index in [0.29, 0.717) is 0 Å². The molecule has 3 aromatic rings. The van der Waals surface area contributed by atoms with Gasteiger partial charge in [-0.25, -0.2) is 4.68 Å². The molecule has 0 radical (unpaired) electrons. The first-order valence-corrected chi connectivity index (χ1v) is 6.58. The van der Waals surface area contributed by atoms with Crippen molar-refractivity contribution in [3.63, 3.8) is 0 Å². The molecular formula is C16H15N3O2. The molecule has 5 nitrogen and oxygen atoms in total. The van der Waals surface area contributed by atoms with Crippen molar-refractivity contribution in [1.29, 1.82) is 0 Å². The summed E-state index contributed by atoms with van der Waals surface area (Å²) in [5.74, 6) is 0.750. The van der Waals surface area contributed by atoms with Gasteiger partial charge < -0.3 is 9.84 Å². The van der Waals surface area contributed by atoms with Crippen LogP contribution in [-0.4, -0.2) is 27.2 Å². The molecule has 5 heteroatoms. The topological polar surface area (TPSA) is 60.2 Å². The highest BCUT2D eigenvalue weighted by molar-refractivity contribution is 5.66. The van der Waals surface area contributed by atoms with Crippen molar-refractivity contribution in [2.24, 2.45) is 0 Å². The van der Waals surface area contributed by atoms with Crippen LogP contribution in [0.3, 0.4) is 0 Å². The quantitative estimate of drug-likeness (QED) is 0.798. The molecule has 1 heterocycles. The molecule has 0 spiro atoms. The molecular weight excluding hydrogens is 266 g/mol. The summed E-state index contributed by atoms with van der Waals surface area (Å²) >= 11 is 0. The van der Waals surface area contributed by atoms with E-state index < -0.39 is 0 Å². The molecule has 0 atom stereocenters. The average Bonchev–Trinajstić information content (AvgIpc) is 3.04. The predicted octanol–water partition coefficient (Wildman–Crippen LogP) is 2.44. The number of rotatable bonds is 4. The molecule has 0 saturated carbocycles. The first kappa shape index (κ1) is 13.3. The van der Waals surface area contributed by atoms with E-state index in [0.717, 1.165) is 28.3 Å². The fourth-order valence-electron chi connectivity index (χ4n) is 2.23. The first-order valence-electron chi connectivity index (χ1n) is 6.58. The van der Waals surface area contributed by atoms with Gasteiger partial charge in [-0.2, -0.15) is 0 Å². The summed E-state index contributed by atoms with van der Waals surface area (Å²) < 4.78 is 7.00. The van der Waals surface area contributed by atoms with Crippen LogP contribution in [0.1, 0.15) is 5.56 Å². The minimum Gasteiger partial charge on any atom is -0.496 e. The van der Waals surface area contributed by atoms with Crippen molar-refractivity contribution >= 4 is 0 Å². The van der Waals surface area contributed by atoms with Gasteiger partial charge in [0.2, 0.25) is 0 Å². The number of benzene rings is 2. The first-order chi connectivity index (χ1) is 10.3. The number of aromatic nitrogens is 3. The average molecular weight is 281 g/mol. The Hall–Kier alpha value is -2.66. The van der Waals surface area contributed by atoms with Gasteiger partial charge in [0.15, 0.2) is 0 Å². The second-order valence-corrected chi connectivity index (χ2v) is 4.54. The Morgan fingerprint density at radius 2 is 1.86 bits per heavy atom. The minimum atomic E-state index is -0.0416. The van der Waals surface area contributed by atoms with Crippen LogP contribution in [0.25, 0.3) is 16.9 Å². The summed E-state index contributed by atoms with van der Waals surface area (Å²) in [5, 5.41) is 17.7. The van der Waals surface area contributed by atoms with Crippen molar-refractivity contribution in [2.45, 2.75) is 6.61 Å². The lowest BCUT2D eigenvalue weighted by Gasteiger charge is -2.06. The predicted molar refractivity (Wildman–Crippen MR) is 79.3 cm³/mol. The molecule has 1 aromatic heterocycles. The van der Waals surface area contributed by atoms with Gasteiger partial charge in [0.1, 0.15) is 11.4 Å². The highest BCUT2D eigenvalue weighted by atomic mass is 16.5. The molecule has 1 N–H and O–H groups in total. The summed E-state index contributed by atoms with van der Waals surface area (Å²) in [6.07, 6.45) is 1.83. The molecule has 3 rings (SSSR count). The number of nitrogens with zero attached hydrogens (tertiary/aromatic N) is 3. The molecule has 0 bridgehead atoms. The molecule has 0 fully saturated rings. The Morgan fingerprint density at radius 3 is 2.67 bits per heavy atom. The van der Waals surface area contributed by atoms with Crippen LogP contribution < -0.4 is 4.74 Å². The zero-order chi connectivity index (χ0) is 14.7. The monoisotopic (exact) mass is 281 g/mol. The summed E-state index contributed by atoms with van der Waals surface area (Å²) in [5.41, 5.74) is 3.22. The van der Waals surface area contributed by atoms with Crippen LogP contribution in [0.2, 0.25) is 0 Å². The van der Waals surface area contributed by atoms with Crippen LogP contribution in [0, 0.1) is 0 Å². The maximum absolute atomic E-state index is 9.40. The second-order valence-electron chi connectivity index (χ2n) is 4.54. The van der Waals surface area contributed by atoms with E-state index >= 15 is 0 Å². The number of methoxy groups -OCH3 is 1. The Morgan fingerprint density at radius 1 is 1.10 bits per heavy atom. The molecule has 0 aliphatic carbocycles. The largest absolute Gasteiger partial charge is 0.496 e. The van der Waals surface area contributed by atoms with Crippen molar-refractivity contribution in [3.8, 4) is 22.7 Å². The Labute approximate surface area is 122 Å². The molecule has 21 heavy (non-hydrogen) atoms. The van der Waals surface area contributed by atoms with E-state index in [4.69, 9.17) is 4.74 Å². The van der Waals surface area contributed by atoms with Crippen molar-refractivity contribution in [3.05, 3.63) is 60.3 Å². The van der Waals surface area contributed by atoms with Crippen LogP contribution in [-0.2, 0) is 6.61 Å². The van der Waals surface area contributed by atoms with Crippen LogP contribution in [0.5, 0.6) is 5.75 Å². The molecule has 0 amide bonds. The lowest BCUT2D eigenvalue weighted by Crippen LogP contribution is -2.00. The fourth-order valence-corrected chi connectivity index (χ4v) is 2.23. The van der Waals surface area contributed by atoms with Gasteiger partial charge >= 0.3 is 0 Å². The lowest BCUT2D eigenvalue weighted by atomic mass is 10.1. The summed E-state index contributed by atoms with van der Waals surface area (Å²) in [4.78, 5) is 0. The molecule has 0 unspecified atom stereocenters. The SMILES string of the molecule is COc1ccccc1-c1cn(-c2ccccc2CO)nn1. The number of ether oxygens (including phenoxy) is 1. The summed E-state index contributed by atoms with van der Waals surface area (Å²) in [7, 11) is 1.63. The molecule has 0 aliphatic heterocycles. The molecule has 0 aliphatic rings. The number of aliphatic hydroxyl groups excluding tert-OH is 1. The lowest BCUT2D eigenvalue weighted by molar-refractivity contribution is 0.281. The van der Waals surface area contributed by atoms with E-state index in [9.17, 15) is 5.11 Å². The smallest absolute Gasteiger partial charge is 0.128 e. The third kappa shape index (κ3) is 2.51. The Kier molecular flexibility index (Phi) is 3.66. The van der Waals surface area contributed by atoms with E-state index in [1.807, 2.05) is 54.7 Å². The molecule has 0 saturated heterocycles. The molecule has 2 aromatic carbocycles. The maximum atomic E-state index is 9.40. The van der Waals surface area contributed by atoms with Crippen molar-refractivity contribution in [1.82, 2.24) is 15.0 Å². The zero-order valence-electron chi connectivity index (χ0n) is 11.6. The fraction of sp³-hybridized carbons (Fsp3) is 0.125. The third-order valence-corrected chi connectivity index (χ3v) is 3.29. The van der Waals surface area contributed by atoms with Crippen molar-refractivity contribution in [2.75, 3.05) is 7.11 Å². The maximum Gasteiger partial charge on any atom is 0.128 e. The highest BCUT2D eigenvalue weighted by Crippen LogP contribution is 2.28. The van der Waals surface area contributed by atoms with E-state index in [1.54, 1.807) is 11.8 Å². The van der Waals surface area contributed by atoms with Gasteiger partial charge in [-0.05, 0) is 18.2 Å².